The molecule has 1 aliphatic rings. The van der Waals surface area contributed by atoms with Crippen molar-refractivity contribution in [3.63, 3.8) is 0 Å². The molecule has 1 amide bonds. The molecule has 1 aromatic carbocycles. The van der Waals surface area contributed by atoms with Gasteiger partial charge in [-0.2, -0.15) is 0 Å². The largest absolute Gasteiger partial charge is 0.497 e. The summed E-state index contributed by atoms with van der Waals surface area (Å²) in [5, 5.41) is 5.52. The summed E-state index contributed by atoms with van der Waals surface area (Å²) in [7, 11) is 1.61. The Kier molecular flexibility index (Phi) is 3.82. The van der Waals surface area contributed by atoms with Crippen molar-refractivity contribution in [1.82, 2.24) is 10.6 Å². The average molecular weight is 260 g/mol. The van der Waals surface area contributed by atoms with Gasteiger partial charge in [-0.1, -0.05) is 12.1 Å². The predicted molar refractivity (Wildman–Crippen MR) is 72.5 cm³/mol. The molecule has 0 spiro atoms. The molecule has 6 heteroatoms. The first kappa shape index (κ1) is 13.1. The van der Waals surface area contributed by atoms with Crippen molar-refractivity contribution in [3.8, 4) is 5.75 Å². The number of carbonyl (C=O) groups excluding carboxylic acids is 1. The second kappa shape index (κ2) is 5.53. The van der Waals surface area contributed by atoms with Crippen LogP contribution in [0, 0.1) is 0 Å². The summed E-state index contributed by atoms with van der Waals surface area (Å²) in [6.07, 6.45) is 4.44. The molecule has 0 fully saturated rings. The fraction of sp³-hybridized carbons (Fsp3) is 0.231. The van der Waals surface area contributed by atoms with Crippen LogP contribution in [0.4, 0.5) is 0 Å². The van der Waals surface area contributed by atoms with Gasteiger partial charge in [0.05, 0.1) is 13.3 Å². The SMILES string of the molecule is COc1ccc(CNC(=O)C2(N)C=NC=CN2)cc1. The van der Waals surface area contributed by atoms with Crippen LogP contribution in [0.1, 0.15) is 5.56 Å². The van der Waals surface area contributed by atoms with Crippen molar-refractivity contribution in [1.29, 1.82) is 0 Å². The molecule has 1 aliphatic heterocycles. The molecular weight excluding hydrogens is 244 g/mol. The van der Waals surface area contributed by atoms with Crippen LogP contribution in [0.25, 0.3) is 0 Å². The minimum absolute atomic E-state index is 0.337. The lowest BCUT2D eigenvalue weighted by Gasteiger charge is -2.25. The molecule has 2 rings (SSSR count). The van der Waals surface area contributed by atoms with Gasteiger partial charge in [-0.25, -0.2) is 0 Å². The number of nitrogens with two attached hydrogens (primary N) is 1. The topological polar surface area (TPSA) is 88.7 Å². The molecule has 1 unspecified atom stereocenters. The van der Waals surface area contributed by atoms with Gasteiger partial charge in [0.1, 0.15) is 5.75 Å². The number of amides is 1. The third-order valence-electron chi connectivity index (χ3n) is 2.75. The van der Waals surface area contributed by atoms with E-state index in [-0.39, 0.29) is 5.91 Å². The standard InChI is InChI=1S/C13H16N4O2/c1-19-11-4-2-10(3-5-11)8-16-12(18)13(14)9-15-6-7-17-13/h2-7,9,17H,8,14H2,1H3,(H,16,18). The molecule has 1 heterocycles. The molecule has 4 N–H and O–H groups in total. The second-order valence-electron chi connectivity index (χ2n) is 4.14. The molecule has 0 radical (unpaired) electrons. The third-order valence-corrected chi connectivity index (χ3v) is 2.75. The molecule has 1 aromatic rings. The number of nitrogens with zero attached hydrogens (tertiary/aromatic N) is 1. The monoisotopic (exact) mass is 260 g/mol. The molecular formula is C13H16N4O2. The Balaban J connectivity index is 1.92. The Labute approximate surface area is 111 Å². The van der Waals surface area contributed by atoms with Crippen LogP contribution in [-0.2, 0) is 11.3 Å². The van der Waals surface area contributed by atoms with Crippen LogP contribution >= 0.6 is 0 Å². The van der Waals surface area contributed by atoms with Gasteiger partial charge >= 0.3 is 0 Å². The number of nitrogens with one attached hydrogen (secondary N) is 2. The fourth-order valence-electron chi connectivity index (χ4n) is 1.61. The summed E-state index contributed by atoms with van der Waals surface area (Å²) >= 11 is 0. The third kappa shape index (κ3) is 3.11. The highest BCUT2D eigenvalue weighted by molar-refractivity contribution is 6.03. The van der Waals surface area contributed by atoms with Gasteiger partial charge in [0.15, 0.2) is 0 Å². The minimum atomic E-state index is -1.29. The van der Waals surface area contributed by atoms with Crippen molar-refractivity contribution in [2.45, 2.75) is 12.2 Å². The lowest BCUT2D eigenvalue weighted by molar-refractivity contribution is -0.124. The Morgan fingerprint density at radius 3 is 2.79 bits per heavy atom. The van der Waals surface area contributed by atoms with Crippen molar-refractivity contribution < 1.29 is 9.53 Å². The van der Waals surface area contributed by atoms with Crippen LogP contribution in [0.15, 0.2) is 41.7 Å². The molecule has 100 valence electrons. The van der Waals surface area contributed by atoms with Crippen molar-refractivity contribution in [3.05, 3.63) is 42.2 Å². The van der Waals surface area contributed by atoms with Crippen LogP contribution in [0.5, 0.6) is 5.75 Å². The maximum absolute atomic E-state index is 12.0. The number of aliphatic imine (C=N–C) groups is 1. The second-order valence-corrected chi connectivity index (χ2v) is 4.14. The zero-order valence-corrected chi connectivity index (χ0v) is 10.6. The van der Waals surface area contributed by atoms with E-state index < -0.39 is 5.66 Å². The lowest BCUT2D eigenvalue weighted by Crippen LogP contribution is -2.63. The summed E-state index contributed by atoms with van der Waals surface area (Å²) in [5.74, 6) is 0.438. The lowest BCUT2D eigenvalue weighted by atomic mass is 10.1. The van der Waals surface area contributed by atoms with E-state index in [4.69, 9.17) is 10.5 Å². The van der Waals surface area contributed by atoms with E-state index in [0.717, 1.165) is 11.3 Å². The Hall–Kier alpha value is -2.34. The normalized spacial score (nSPS) is 20.7. The summed E-state index contributed by atoms with van der Waals surface area (Å²) in [5.41, 5.74) is 5.54. The van der Waals surface area contributed by atoms with E-state index >= 15 is 0 Å². The minimum Gasteiger partial charge on any atom is -0.497 e. The summed E-state index contributed by atoms with van der Waals surface area (Å²) in [6, 6.07) is 7.43. The number of hydrogen-bond donors (Lipinski definition) is 3. The number of benzene rings is 1. The first-order chi connectivity index (χ1) is 9.14. The summed E-state index contributed by atoms with van der Waals surface area (Å²) in [4.78, 5) is 15.8. The smallest absolute Gasteiger partial charge is 0.266 e. The Bertz CT molecular complexity index is 510. The number of rotatable bonds is 4. The fourth-order valence-corrected chi connectivity index (χ4v) is 1.61. The van der Waals surface area contributed by atoms with Gasteiger partial charge in [-0.3, -0.25) is 15.5 Å². The van der Waals surface area contributed by atoms with E-state index in [9.17, 15) is 4.79 Å². The highest BCUT2D eigenvalue weighted by Crippen LogP contribution is 2.11. The van der Waals surface area contributed by atoms with Crippen molar-refractivity contribution in [2.24, 2.45) is 10.7 Å². The number of hydrogen-bond acceptors (Lipinski definition) is 5. The predicted octanol–water partition coefficient (Wildman–Crippen LogP) is 0.112. The quantitative estimate of drug-likeness (QED) is 0.717. The maximum Gasteiger partial charge on any atom is 0.266 e. The van der Waals surface area contributed by atoms with E-state index in [1.54, 1.807) is 7.11 Å². The molecule has 19 heavy (non-hydrogen) atoms. The molecule has 0 bridgehead atoms. The summed E-state index contributed by atoms with van der Waals surface area (Å²) < 4.78 is 5.06. The van der Waals surface area contributed by atoms with E-state index in [1.165, 1.54) is 18.6 Å². The highest BCUT2D eigenvalue weighted by Gasteiger charge is 2.31. The Morgan fingerprint density at radius 2 is 2.21 bits per heavy atom. The van der Waals surface area contributed by atoms with Gasteiger partial charge in [0.2, 0.25) is 5.66 Å². The molecule has 0 saturated heterocycles. The van der Waals surface area contributed by atoms with E-state index in [2.05, 4.69) is 15.6 Å². The van der Waals surface area contributed by atoms with Crippen LogP contribution in [0.3, 0.4) is 0 Å². The van der Waals surface area contributed by atoms with Gasteiger partial charge in [0.25, 0.3) is 5.91 Å². The zero-order chi connectivity index (χ0) is 13.7. The van der Waals surface area contributed by atoms with Crippen molar-refractivity contribution >= 4 is 12.1 Å². The van der Waals surface area contributed by atoms with Crippen LogP contribution < -0.4 is 21.1 Å². The van der Waals surface area contributed by atoms with Gasteiger partial charge in [0, 0.05) is 18.9 Å². The van der Waals surface area contributed by atoms with Gasteiger partial charge in [-0.15, -0.1) is 0 Å². The Morgan fingerprint density at radius 1 is 1.47 bits per heavy atom. The molecule has 0 aliphatic carbocycles. The molecule has 0 aromatic heterocycles. The number of ether oxygens (including phenoxy) is 1. The molecule has 1 atom stereocenters. The first-order valence-corrected chi connectivity index (χ1v) is 5.81. The highest BCUT2D eigenvalue weighted by atomic mass is 16.5. The number of methoxy groups -OCH3 is 1. The van der Waals surface area contributed by atoms with Crippen molar-refractivity contribution in [2.75, 3.05) is 7.11 Å². The van der Waals surface area contributed by atoms with Gasteiger partial charge < -0.3 is 15.4 Å². The maximum atomic E-state index is 12.0. The molecule has 6 nitrogen and oxygen atoms in total. The average Bonchev–Trinajstić information content (AvgIpc) is 2.46. The van der Waals surface area contributed by atoms with E-state index in [0.29, 0.717) is 6.54 Å². The number of carbonyl (C=O) groups is 1. The molecule has 0 saturated carbocycles. The van der Waals surface area contributed by atoms with Gasteiger partial charge in [-0.05, 0) is 17.7 Å². The van der Waals surface area contributed by atoms with E-state index in [1.807, 2.05) is 24.3 Å². The summed E-state index contributed by atoms with van der Waals surface area (Å²) in [6.45, 7) is 0.390. The zero-order valence-electron chi connectivity index (χ0n) is 10.6. The first-order valence-electron chi connectivity index (χ1n) is 5.81. The van der Waals surface area contributed by atoms with Crippen LogP contribution in [-0.4, -0.2) is 24.9 Å². The van der Waals surface area contributed by atoms with Crippen LogP contribution in [0.2, 0.25) is 0 Å².